The number of pyridine rings is 2. The summed E-state index contributed by atoms with van der Waals surface area (Å²) in [4.78, 5) is 20.2. The van der Waals surface area contributed by atoms with Crippen molar-refractivity contribution in [3.63, 3.8) is 0 Å². The number of amides is 1. The number of hydroxylamine groups is 1. The molecule has 32 heavy (non-hydrogen) atoms. The Bertz CT molecular complexity index is 1310. The van der Waals surface area contributed by atoms with Gasteiger partial charge in [0, 0.05) is 35.0 Å². The van der Waals surface area contributed by atoms with Crippen LogP contribution in [0.15, 0.2) is 55.0 Å². The van der Waals surface area contributed by atoms with Crippen LogP contribution in [0.4, 0.5) is 8.78 Å². The first-order chi connectivity index (χ1) is 15.4. The van der Waals surface area contributed by atoms with Crippen molar-refractivity contribution in [2.24, 2.45) is 5.73 Å². The topological polar surface area (TPSA) is 115 Å². The predicted molar refractivity (Wildman–Crippen MR) is 111 cm³/mol. The van der Waals surface area contributed by atoms with Gasteiger partial charge in [-0.05, 0) is 23.8 Å². The van der Waals surface area contributed by atoms with E-state index in [1.54, 1.807) is 34.6 Å². The second-order valence-electron chi connectivity index (χ2n) is 7.06. The molecule has 1 atom stereocenters. The molecular weight excluding hydrogens is 420 g/mol. The molecule has 3 aromatic heterocycles. The number of fused-ring (bicyclic) bond motifs is 1. The molecule has 0 spiro atoms. The van der Waals surface area contributed by atoms with Gasteiger partial charge in [0.2, 0.25) is 5.88 Å². The fourth-order valence-electron chi connectivity index (χ4n) is 3.59. The molecule has 0 saturated heterocycles. The quantitative estimate of drug-likeness (QED) is 0.314. The van der Waals surface area contributed by atoms with Gasteiger partial charge in [0.25, 0.3) is 5.91 Å². The minimum absolute atomic E-state index is 0.0303. The number of hydrogen-bond donors (Lipinski definition) is 3. The number of rotatable bonds is 6. The first kappa shape index (κ1) is 21.3. The van der Waals surface area contributed by atoms with E-state index in [1.807, 2.05) is 0 Å². The molecule has 0 aliphatic carbocycles. The summed E-state index contributed by atoms with van der Waals surface area (Å²) in [6, 6.07) is 7.62. The molecule has 0 aliphatic rings. The SMILES string of the molecule is COc1ncccc1C(N)c1cn(Cc2ccc(F)cc2F)c2cnc(C(=O)NO)cc12. The summed E-state index contributed by atoms with van der Waals surface area (Å²) in [6.07, 6.45) is 4.72. The summed E-state index contributed by atoms with van der Waals surface area (Å²) in [5.41, 5.74) is 10.1. The Kier molecular flexibility index (Phi) is 5.80. The lowest BCUT2D eigenvalue weighted by molar-refractivity contribution is 0.0701. The summed E-state index contributed by atoms with van der Waals surface area (Å²) in [5.74, 6) is -1.80. The average Bonchev–Trinajstić information content (AvgIpc) is 3.17. The van der Waals surface area contributed by atoms with E-state index in [2.05, 4.69) is 9.97 Å². The maximum atomic E-state index is 14.3. The largest absolute Gasteiger partial charge is 0.481 e. The molecule has 164 valence electrons. The molecule has 4 rings (SSSR count). The minimum atomic E-state index is -0.789. The number of aromatic nitrogens is 3. The first-order valence-corrected chi connectivity index (χ1v) is 9.54. The normalized spacial score (nSPS) is 12.0. The molecule has 10 heteroatoms. The Labute approximate surface area is 181 Å². The molecule has 0 bridgehead atoms. The molecule has 0 saturated carbocycles. The fraction of sp³-hybridized carbons (Fsp3) is 0.136. The molecular formula is C22H19F2N5O3. The Morgan fingerprint density at radius 2 is 2.06 bits per heavy atom. The van der Waals surface area contributed by atoms with E-state index in [4.69, 9.17) is 15.7 Å². The number of nitrogens with two attached hydrogens (primary N) is 1. The standard InChI is InChI=1S/C22H19F2N5O3/c1-32-22-14(3-2-6-26-22)20(25)16-11-29(10-12-4-5-13(23)7-17(12)24)19-9-27-18(8-15(16)19)21(30)28-31/h2-9,11,20,31H,10,25H2,1H3,(H,28,30). The molecule has 0 fully saturated rings. The van der Waals surface area contributed by atoms with Crippen molar-refractivity contribution < 1.29 is 23.5 Å². The van der Waals surface area contributed by atoms with E-state index in [0.29, 0.717) is 27.9 Å². The Balaban J connectivity index is 1.87. The van der Waals surface area contributed by atoms with Gasteiger partial charge >= 0.3 is 0 Å². The summed E-state index contributed by atoms with van der Waals surface area (Å²) in [5, 5.41) is 9.54. The summed E-state index contributed by atoms with van der Waals surface area (Å²) in [7, 11) is 1.48. The number of benzene rings is 1. The Hall–Kier alpha value is -3.89. The van der Waals surface area contributed by atoms with Gasteiger partial charge in [0.15, 0.2) is 0 Å². The molecule has 8 nitrogen and oxygen atoms in total. The van der Waals surface area contributed by atoms with E-state index in [-0.39, 0.29) is 17.8 Å². The lowest BCUT2D eigenvalue weighted by Crippen LogP contribution is -2.20. The van der Waals surface area contributed by atoms with Gasteiger partial charge in [0.05, 0.1) is 31.4 Å². The monoisotopic (exact) mass is 439 g/mol. The van der Waals surface area contributed by atoms with Crippen LogP contribution in [0.3, 0.4) is 0 Å². The van der Waals surface area contributed by atoms with Crippen molar-refractivity contribution in [2.75, 3.05) is 7.11 Å². The zero-order chi connectivity index (χ0) is 22.8. The van der Waals surface area contributed by atoms with Gasteiger partial charge in [-0.3, -0.25) is 10.0 Å². The van der Waals surface area contributed by atoms with Crippen LogP contribution in [0.1, 0.15) is 33.2 Å². The summed E-state index contributed by atoms with van der Waals surface area (Å²) < 4.78 is 34.6. The lowest BCUT2D eigenvalue weighted by atomic mass is 10.00. The molecule has 3 heterocycles. The van der Waals surface area contributed by atoms with E-state index >= 15 is 0 Å². The average molecular weight is 439 g/mol. The van der Waals surface area contributed by atoms with Crippen LogP contribution in [0.25, 0.3) is 10.9 Å². The zero-order valence-corrected chi connectivity index (χ0v) is 16.9. The number of nitrogens with zero attached hydrogens (tertiary/aromatic N) is 3. The van der Waals surface area contributed by atoms with Gasteiger partial charge in [-0.1, -0.05) is 12.1 Å². The van der Waals surface area contributed by atoms with E-state index in [1.165, 1.54) is 31.5 Å². The van der Waals surface area contributed by atoms with Crippen molar-refractivity contribution in [1.29, 1.82) is 0 Å². The highest BCUT2D eigenvalue weighted by molar-refractivity contribution is 5.96. The maximum absolute atomic E-state index is 14.3. The van der Waals surface area contributed by atoms with Crippen molar-refractivity contribution in [2.45, 2.75) is 12.6 Å². The zero-order valence-electron chi connectivity index (χ0n) is 16.9. The minimum Gasteiger partial charge on any atom is -0.481 e. The van der Waals surface area contributed by atoms with Gasteiger partial charge in [0.1, 0.15) is 17.3 Å². The number of hydrogen-bond acceptors (Lipinski definition) is 6. The molecule has 1 unspecified atom stereocenters. The van der Waals surface area contributed by atoms with Crippen molar-refractivity contribution >= 4 is 16.8 Å². The second-order valence-corrected chi connectivity index (χ2v) is 7.06. The third-order valence-electron chi connectivity index (χ3n) is 5.15. The number of nitrogens with one attached hydrogen (secondary N) is 1. The molecule has 1 aromatic carbocycles. The van der Waals surface area contributed by atoms with E-state index < -0.39 is 23.6 Å². The van der Waals surface area contributed by atoms with Crippen LogP contribution < -0.4 is 16.0 Å². The molecule has 4 N–H and O–H groups in total. The molecule has 4 aromatic rings. The third-order valence-corrected chi connectivity index (χ3v) is 5.15. The summed E-state index contributed by atoms with van der Waals surface area (Å²) >= 11 is 0. The number of carbonyl (C=O) groups is 1. The predicted octanol–water partition coefficient (Wildman–Crippen LogP) is 2.93. The van der Waals surface area contributed by atoms with Gasteiger partial charge in [-0.25, -0.2) is 24.2 Å². The highest BCUT2D eigenvalue weighted by atomic mass is 19.1. The number of halogens is 2. The van der Waals surface area contributed by atoms with E-state index in [0.717, 1.165) is 6.07 Å². The van der Waals surface area contributed by atoms with Gasteiger partial charge in [-0.15, -0.1) is 0 Å². The van der Waals surface area contributed by atoms with Crippen LogP contribution >= 0.6 is 0 Å². The van der Waals surface area contributed by atoms with Crippen LogP contribution in [0, 0.1) is 11.6 Å². The first-order valence-electron chi connectivity index (χ1n) is 9.54. The van der Waals surface area contributed by atoms with Crippen molar-refractivity contribution in [3.05, 3.63) is 89.0 Å². The fourth-order valence-corrected chi connectivity index (χ4v) is 3.59. The molecule has 1 amide bonds. The van der Waals surface area contributed by atoms with Crippen molar-refractivity contribution in [3.8, 4) is 5.88 Å². The van der Waals surface area contributed by atoms with E-state index in [9.17, 15) is 13.6 Å². The molecule has 0 radical (unpaired) electrons. The number of ether oxygens (including phenoxy) is 1. The summed E-state index contributed by atoms with van der Waals surface area (Å²) in [6.45, 7) is 0.0761. The third kappa shape index (κ3) is 3.88. The highest BCUT2D eigenvalue weighted by Crippen LogP contribution is 2.33. The smallest absolute Gasteiger partial charge is 0.293 e. The Morgan fingerprint density at radius 1 is 1.25 bits per heavy atom. The Morgan fingerprint density at radius 3 is 2.78 bits per heavy atom. The van der Waals surface area contributed by atoms with Crippen molar-refractivity contribution in [1.82, 2.24) is 20.0 Å². The molecule has 0 aliphatic heterocycles. The van der Waals surface area contributed by atoms with Crippen LogP contribution in [0.5, 0.6) is 5.88 Å². The number of carbonyl (C=O) groups excluding carboxylic acids is 1. The number of methoxy groups -OCH3 is 1. The van der Waals surface area contributed by atoms with Crippen LogP contribution in [-0.4, -0.2) is 32.8 Å². The maximum Gasteiger partial charge on any atom is 0.293 e. The van der Waals surface area contributed by atoms with Gasteiger partial charge in [-0.2, -0.15) is 0 Å². The lowest BCUT2D eigenvalue weighted by Gasteiger charge is -2.14. The van der Waals surface area contributed by atoms with Gasteiger partial charge < -0.3 is 15.0 Å². The second kappa shape index (κ2) is 8.69. The van der Waals surface area contributed by atoms with Crippen LogP contribution in [0.2, 0.25) is 0 Å². The highest BCUT2D eigenvalue weighted by Gasteiger charge is 2.22. The van der Waals surface area contributed by atoms with Crippen LogP contribution in [-0.2, 0) is 6.54 Å².